The lowest BCUT2D eigenvalue weighted by Gasteiger charge is -2.08. The molecule has 6 heteroatoms. The highest BCUT2D eigenvalue weighted by Crippen LogP contribution is 2.22. The van der Waals surface area contributed by atoms with Crippen molar-refractivity contribution in [2.75, 3.05) is 5.73 Å². The number of nitrogens with one attached hydrogen (secondary N) is 2. The molecule has 4 N–H and O–H groups in total. The fraction of sp³-hybridized carbons (Fsp3) is 0.0714. The standard InChI is InChI=1S/C14H13N5O/c15-13-11-4-2-1-3-10(11)12(7-17-13)14(20)18-6-9-5-16-8-19-9/h1-5,7-8H,6H2,(H2,15,17)(H,16,19)(H,18,20). The van der Waals surface area contributed by atoms with E-state index in [1.54, 1.807) is 12.5 Å². The van der Waals surface area contributed by atoms with E-state index in [2.05, 4.69) is 20.3 Å². The van der Waals surface area contributed by atoms with Crippen molar-refractivity contribution in [3.8, 4) is 0 Å². The van der Waals surface area contributed by atoms with Crippen LogP contribution in [-0.2, 0) is 6.54 Å². The summed E-state index contributed by atoms with van der Waals surface area (Å²) in [5, 5.41) is 4.39. The molecule has 0 saturated heterocycles. The number of pyridine rings is 1. The van der Waals surface area contributed by atoms with E-state index in [9.17, 15) is 4.79 Å². The number of amides is 1. The van der Waals surface area contributed by atoms with Crippen LogP contribution in [0, 0.1) is 0 Å². The zero-order valence-corrected chi connectivity index (χ0v) is 10.6. The maximum absolute atomic E-state index is 12.2. The van der Waals surface area contributed by atoms with Crippen molar-refractivity contribution in [2.45, 2.75) is 6.54 Å². The second-order valence-electron chi connectivity index (χ2n) is 4.36. The van der Waals surface area contributed by atoms with Crippen molar-refractivity contribution >= 4 is 22.5 Å². The average molecular weight is 267 g/mol. The topological polar surface area (TPSA) is 96.7 Å². The molecule has 2 heterocycles. The molecule has 3 aromatic rings. The van der Waals surface area contributed by atoms with Crippen LogP contribution in [0.3, 0.4) is 0 Å². The Morgan fingerprint density at radius 1 is 1.25 bits per heavy atom. The van der Waals surface area contributed by atoms with Gasteiger partial charge in [-0.15, -0.1) is 0 Å². The molecule has 0 fully saturated rings. The average Bonchev–Trinajstić information content (AvgIpc) is 2.99. The lowest BCUT2D eigenvalue weighted by atomic mass is 10.1. The first-order chi connectivity index (χ1) is 9.75. The Kier molecular flexibility index (Phi) is 3.04. The van der Waals surface area contributed by atoms with Gasteiger partial charge in [0.05, 0.1) is 24.1 Å². The number of nitrogens with two attached hydrogens (primary N) is 1. The largest absolute Gasteiger partial charge is 0.383 e. The second-order valence-corrected chi connectivity index (χ2v) is 4.36. The zero-order valence-electron chi connectivity index (χ0n) is 10.6. The van der Waals surface area contributed by atoms with Crippen molar-refractivity contribution in [2.24, 2.45) is 0 Å². The van der Waals surface area contributed by atoms with E-state index in [4.69, 9.17) is 5.73 Å². The summed E-state index contributed by atoms with van der Waals surface area (Å²) >= 11 is 0. The van der Waals surface area contributed by atoms with E-state index in [1.807, 2.05) is 24.3 Å². The summed E-state index contributed by atoms with van der Waals surface area (Å²) < 4.78 is 0. The van der Waals surface area contributed by atoms with Gasteiger partial charge in [-0.05, 0) is 5.39 Å². The van der Waals surface area contributed by atoms with Crippen molar-refractivity contribution in [3.63, 3.8) is 0 Å². The van der Waals surface area contributed by atoms with Crippen LogP contribution < -0.4 is 11.1 Å². The quantitative estimate of drug-likeness (QED) is 0.669. The zero-order chi connectivity index (χ0) is 13.9. The molecule has 0 unspecified atom stereocenters. The number of benzene rings is 1. The maximum Gasteiger partial charge on any atom is 0.253 e. The van der Waals surface area contributed by atoms with Gasteiger partial charge in [-0.1, -0.05) is 24.3 Å². The molecule has 1 aromatic carbocycles. The van der Waals surface area contributed by atoms with Crippen LogP contribution in [0.15, 0.2) is 43.0 Å². The van der Waals surface area contributed by atoms with Crippen LogP contribution >= 0.6 is 0 Å². The van der Waals surface area contributed by atoms with Crippen LogP contribution in [0.1, 0.15) is 16.1 Å². The summed E-state index contributed by atoms with van der Waals surface area (Å²) in [5.41, 5.74) is 7.17. The van der Waals surface area contributed by atoms with Gasteiger partial charge in [0.15, 0.2) is 0 Å². The first-order valence-electron chi connectivity index (χ1n) is 6.14. The Labute approximate surface area is 115 Å². The number of hydrogen-bond acceptors (Lipinski definition) is 4. The van der Waals surface area contributed by atoms with Gasteiger partial charge in [0.2, 0.25) is 0 Å². The molecular formula is C14H13N5O. The predicted molar refractivity (Wildman–Crippen MR) is 75.9 cm³/mol. The molecule has 0 aliphatic carbocycles. The number of anilines is 1. The molecular weight excluding hydrogens is 254 g/mol. The third-order valence-electron chi connectivity index (χ3n) is 3.06. The summed E-state index contributed by atoms with van der Waals surface area (Å²) in [6, 6.07) is 7.45. The van der Waals surface area contributed by atoms with Crippen LogP contribution in [0.25, 0.3) is 10.8 Å². The molecule has 0 bridgehead atoms. The van der Waals surface area contributed by atoms with Crippen molar-refractivity contribution < 1.29 is 4.79 Å². The lowest BCUT2D eigenvalue weighted by molar-refractivity contribution is 0.0952. The number of carbonyl (C=O) groups excluding carboxylic acids is 1. The number of imidazole rings is 1. The number of rotatable bonds is 3. The molecule has 0 aliphatic heterocycles. The lowest BCUT2D eigenvalue weighted by Crippen LogP contribution is -2.23. The Hall–Kier alpha value is -2.89. The molecule has 20 heavy (non-hydrogen) atoms. The van der Waals surface area contributed by atoms with Crippen LogP contribution in [0.2, 0.25) is 0 Å². The normalized spacial score (nSPS) is 10.6. The smallest absolute Gasteiger partial charge is 0.253 e. The predicted octanol–water partition coefficient (Wildman–Crippen LogP) is 1.47. The minimum absolute atomic E-state index is 0.191. The molecule has 3 rings (SSSR count). The molecule has 0 radical (unpaired) electrons. The van der Waals surface area contributed by atoms with E-state index >= 15 is 0 Å². The van der Waals surface area contributed by atoms with Crippen LogP contribution in [0.4, 0.5) is 5.82 Å². The van der Waals surface area contributed by atoms with Gasteiger partial charge in [-0.25, -0.2) is 9.97 Å². The van der Waals surface area contributed by atoms with E-state index in [0.29, 0.717) is 17.9 Å². The Morgan fingerprint density at radius 2 is 2.05 bits per heavy atom. The number of nitrogen functional groups attached to an aromatic ring is 1. The number of fused-ring (bicyclic) bond motifs is 1. The summed E-state index contributed by atoms with van der Waals surface area (Å²) in [6.07, 6.45) is 4.74. The fourth-order valence-corrected chi connectivity index (χ4v) is 2.05. The summed E-state index contributed by atoms with van der Waals surface area (Å²) in [6.45, 7) is 0.386. The van der Waals surface area contributed by atoms with Gasteiger partial charge in [-0.3, -0.25) is 4.79 Å². The van der Waals surface area contributed by atoms with Gasteiger partial charge in [0.1, 0.15) is 5.82 Å². The van der Waals surface area contributed by atoms with Gasteiger partial charge in [0, 0.05) is 17.8 Å². The highest BCUT2D eigenvalue weighted by atomic mass is 16.1. The Balaban J connectivity index is 1.90. The third-order valence-corrected chi connectivity index (χ3v) is 3.06. The van der Waals surface area contributed by atoms with Crippen molar-refractivity contribution in [3.05, 3.63) is 54.2 Å². The number of H-pyrrole nitrogens is 1. The monoisotopic (exact) mass is 267 g/mol. The number of carbonyl (C=O) groups is 1. The van der Waals surface area contributed by atoms with E-state index in [0.717, 1.165) is 16.5 Å². The summed E-state index contributed by atoms with van der Waals surface area (Å²) in [4.78, 5) is 23.1. The minimum atomic E-state index is -0.191. The number of nitrogens with zero attached hydrogens (tertiary/aromatic N) is 2. The first kappa shape index (κ1) is 12.2. The van der Waals surface area contributed by atoms with Gasteiger partial charge in [-0.2, -0.15) is 0 Å². The maximum atomic E-state index is 12.2. The molecule has 1 amide bonds. The van der Waals surface area contributed by atoms with Gasteiger partial charge in [0.25, 0.3) is 5.91 Å². The second kappa shape index (κ2) is 5.00. The van der Waals surface area contributed by atoms with E-state index in [-0.39, 0.29) is 5.91 Å². The Bertz CT molecular complexity index is 751. The molecule has 100 valence electrons. The summed E-state index contributed by atoms with van der Waals surface area (Å²) in [7, 11) is 0. The molecule has 0 spiro atoms. The highest BCUT2D eigenvalue weighted by molar-refractivity contribution is 6.08. The highest BCUT2D eigenvalue weighted by Gasteiger charge is 2.12. The van der Waals surface area contributed by atoms with E-state index < -0.39 is 0 Å². The molecule has 0 atom stereocenters. The van der Waals surface area contributed by atoms with Gasteiger partial charge >= 0.3 is 0 Å². The fourth-order valence-electron chi connectivity index (χ4n) is 2.05. The first-order valence-corrected chi connectivity index (χ1v) is 6.14. The molecule has 0 saturated carbocycles. The Morgan fingerprint density at radius 3 is 2.80 bits per heavy atom. The SMILES string of the molecule is Nc1ncc(C(=O)NCc2cnc[nH]2)c2ccccc12. The van der Waals surface area contributed by atoms with E-state index in [1.165, 1.54) is 6.20 Å². The van der Waals surface area contributed by atoms with Crippen molar-refractivity contribution in [1.82, 2.24) is 20.3 Å². The summed E-state index contributed by atoms with van der Waals surface area (Å²) in [5.74, 6) is 0.231. The van der Waals surface area contributed by atoms with Gasteiger partial charge < -0.3 is 16.0 Å². The minimum Gasteiger partial charge on any atom is -0.383 e. The number of hydrogen-bond donors (Lipinski definition) is 3. The van der Waals surface area contributed by atoms with Crippen LogP contribution in [-0.4, -0.2) is 20.9 Å². The third kappa shape index (κ3) is 2.18. The van der Waals surface area contributed by atoms with Crippen molar-refractivity contribution in [1.29, 1.82) is 0 Å². The molecule has 0 aliphatic rings. The molecule has 6 nitrogen and oxygen atoms in total. The number of aromatic nitrogens is 3. The molecule has 2 aromatic heterocycles. The van der Waals surface area contributed by atoms with Crippen LogP contribution in [0.5, 0.6) is 0 Å². The number of aromatic amines is 1.